The topological polar surface area (TPSA) is 58.1 Å². The largest absolute Gasteiger partial charge is 0.369 e. The molecule has 0 aromatic carbocycles. The molecule has 0 saturated carbocycles. The number of carbonyl (C=O) groups excluding carboxylic acids is 1. The Labute approximate surface area is 122 Å². The molecule has 0 aliphatic carbocycles. The first-order valence-electron chi connectivity index (χ1n) is 6.53. The van der Waals surface area contributed by atoms with Crippen LogP contribution in [0.3, 0.4) is 0 Å². The number of hydrogen-bond acceptors (Lipinski definition) is 5. The van der Waals surface area contributed by atoms with Gasteiger partial charge in [0.2, 0.25) is 0 Å². The number of aromatic nitrogens is 2. The Hall–Kier alpha value is -1.95. The van der Waals surface area contributed by atoms with Gasteiger partial charge in [-0.25, -0.2) is 9.97 Å². The van der Waals surface area contributed by atoms with Crippen molar-refractivity contribution in [1.82, 2.24) is 14.9 Å². The van der Waals surface area contributed by atoms with E-state index in [0.717, 1.165) is 18.5 Å². The molecule has 0 bridgehead atoms. The summed E-state index contributed by atoms with van der Waals surface area (Å²) in [6.45, 7) is 3.51. The predicted molar refractivity (Wildman–Crippen MR) is 80.9 cm³/mol. The Morgan fingerprint density at radius 1 is 1.40 bits per heavy atom. The second-order valence-electron chi connectivity index (χ2n) is 4.51. The van der Waals surface area contributed by atoms with Gasteiger partial charge in [0.1, 0.15) is 11.5 Å². The number of rotatable bonds is 6. The summed E-state index contributed by atoms with van der Waals surface area (Å²) < 4.78 is 0. The lowest BCUT2D eigenvalue weighted by Crippen LogP contribution is -2.27. The first-order valence-corrected chi connectivity index (χ1v) is 7.47. The molecule has 0 aliphatic heterocycles. The van der Waals surface area contributed by atoms with E-state index in [1.807, 2.05) is 16.8 Å². The molecule has 20 heavy (non-hydrogen) atoms. The quantitative estimate of drug-likeness (QED) is 0.888. The fourth-order valence-corrected chi connectivity index (χ4v) is 2.37. The number of nitrogens with one attached hydrogen (secondary N) is 1. The van der Waals surface area contributed by atoms with Crippen LogP contribution in [0.2, 0.25) is 0 Å². The molecule has 5 nitrogen and oxygen atoms in total. The first kappa shape index (κ1) is 14.5. The monoisotopic (exact) mass is 290 g/mol. The SMILES string of the molecule is CCCNc1cnc(C(=O)N(C)Cc2ccsc2)cn1. The van der Waals surface area contributed by atoms with Crippen LogP contribution in [0.25, 0.3) is 0 Å². The maximum Gasteiger partial charge on any atom is 0.274 e. The van der Waals surface area contributed by atoms with Crippen molar-refractivity contribution in [2.45, 2.75) is 19.9 Å². The molecular weight excluding hydrogens is 272 g/mol. The van der Waals surface area contributed by atoms with E-state index < -0.39 is 0 Å². The van der Waals surface area contributed by atoms with E-state index in [9.17, 15) is 4.79 Å². The molecule has 0 fully saturated rings. The second-order valence-corrected chi connectivity index (χ2v) is 5.29. The summed E-state index contributed by atoms with van der Waals surface area (Å²) in [6, 6.07) is 2.01. The van der Waals surface area contributed by atoms with Crippen LogP contribution >= 0.6 is 11.3 Å². The van der Waals surface area contributed by atoms with Gasteiger partial charge in [0.15, 0.2) is 0 Å². The van der Waals surface area contributed by atoms with Gasteiger partial charge in [-0.15, -0.1) is 0 Å². The molecule has 1 amide bonds. The fourth-order valence-electron chi connectivity index (χ4n) is 1.71. The standard InChI is InChI=1S/C14H18N4OS/c1-3-5-15-13-8-16-12(7-17-13)14(19)18(2)9-11-4-6-20-10-11/h4,6-8,10H,3,5,9H2,1-2H3,(H,15,17). The lowest BCUT2D eigenvalue weighted by molar-refractivity contribution is 0.0779. The number of hydrogen-bond donors (Lipinski definition) is 1. The molecule has 0 radical (unpaired) electrons. The summed E-state index contributed by atoms with van der Waals surface area (Å²) >= 11 is 1.62. The highest BCUT2D eigenvalue weighted by Crippen LogP contribution is 2.10. The third-order valence-corrected chi connectivity index (χ3v) is 3.51. The summed E-state index contributed by atoms with van der Waals surface area (Å²) in [6.07, 6.45) is 4.14. The maximum atomic E-state index is 12.2. The van der Waals surface area contributed by atoms with Crippen molar-refractivity contribution >= 4 is 23.1 Å². The van der Waals surface area contributed by atoms with Crippen molar-refractivity contribution in [2.24, 2.45) is 0 Å². The molecule has 6 heteroatoms. The minimum Gasteiger partial charge on any atom is -0.369 e. The molecule has 2 heterocycles. The van der Waals surface area contributed by atoms with E-state index in [4.69, 9.17) is 0 Å². The molecule has 0 spiro atoms. The summed E-state index contributed by atoms with van der Waals surface area (Å²) in [5.41, 5.74) is 1.49. The van der Waals surface area contributed by atoms with E-state index in [1.54, 1.807) is 29.5 Å². The van der Waals surface area contributed by atoms with Gasteiger partial charge >= 0.3 is 0 Å². The maximum absolute atomic E-state index is 12.2. The van der Waals surface area contributed by atoms with Crippen LogP contribution in [0.5, 0.6) is 0 Å². The van der Waals surface area contributed by atoms with Gasteiger partial charge < -0.3 is 10.2 Å². The van der Waals surface area contributed by atoms with E-state index in [0.29, 0.717) is 18.1 Å². The van der Waals surface area contributed by atoms with E-state index >= 15 is 0 Å². The van der Waals surface area contributed by atoms with Crippen molar-refractivity contribution in [3.63, 3.8) is 0 Å². The van der Waals surface area contributed by atoms with Crippen LogP contribution in [-0.4, -0.2) is 34.4 Å². The minimum atomic E-state index is -0.120. The molecular formula is C14H18N4OS. The van der Waals surface area contributed by atoms with Gasteiger partial charge in [-0.3, -0.25) is 4.79 Å². The number of carbonyl (C=O) groups is 1. The van der Waals surface area contributed by atoms with E-state index in [1.165, 1.54) is 6.20 Å². The van der Waals surface area contributed by atoms with Gasteiger partial charge in [0.25, 0.3) is 5.91 Å². The number of thiophene rings is 1. The predicted octanol–water partition coefficient (Wildman–Crippen LogP) is 2.63. The Morgan fingerprint density at radius 3 is 2.85 bits per heavy atom. The van der Waals surface area contributed by atoms with Gasteiger partial charge in [-0.2, -0.15) is 11.3 Å². The molecule has 106 valence electrons. The molecule has 0 aliphatic rings. The highest BCUT2D eigenvalue weighted by Gasteiger charge is 2.14. The van der Waals surface area contributed by atoms with Gasteiger partial charge in [-0.05, 0) is 28.8 Å². The minimum absolute atomic E-state index is 0.120. The summed E-state index contributed by atoms with van der Waals surface area (Å²) in [5, 5.41) is 7.17. The van der Waals surface area contributed by atoms with Gasteiger partial charge in [0.05, 0.1) is 12.4 Å². The molecule has 0 unspecified atom stereocenters. The number of anilines is 1. The molecule has 0 atom stereocenters. The normalized spacial score (nSPS) is 10.3. The van der Waals surface area contributed by atoms with Crippen LogP contribution in [0.1, 0.15) is 29.4 Å². The molecule has 2 aromatic rings. The van der Waals surface area contributed by atoms with Gasteiger partial charge in [0, 0.05) is 20.1 Å². The lowest BCUT2D eigenvalue weighted by atomic mass is 10.3. The van der Waals surface area contributed by atoms with Crippen molar-refractivity contribution < 1.29 is 4.79 Å². The Morgan fingerprint density at radius 2 is 2.25 bits per heavy atom. The van der Waals surface area contributed by atoms with Crippen molar-refractivity contribution in [2.75, 3.05) is 18.9 Å². The zero-order valence-corrected chi connectivity index (χ0v) is 12.5. The molecule has 1 N–H and O–H groups in total. The molecule has 0 saturated heterocycles. The first-order chi connectivity index (χ1) is 9.70. The zero-order valence-electron chi connectivity index (χ0n) is 11.7. The fraction of sp³-hybridized carbons (Fsp3) is 0.357. The van der Waals surface area contributed by atoms with Crippen LogP contribution < -0.4 is 5.32 Å². The van der Waals surface area contributed by atoms with Crippen LogP contribution in [0.4, 0.5) is 5.82 Å². The van der Waals surface area contributed by atoms with Crippen molar-refractivity contribution in [3.8, 4) is 0 Å². The highest BCUT2D eigenvalue weighted by atomic mass is 32.1. The third kappa shape index (κ3) is 3.77. The summed E-state index contributed by atoms with van der Waals surface area (Å²) in [7, 11) is 1.77. The Kier molecular flexibility index (Phi) is 5.06. The van der Waals surface area contributed by atoms with Gasteiger partial charge in [-0.1, -0.05) is 6.92 Å². The second kappa shape index (κ2) is 7.00. The van der Waals surface area contributed by atoms with E-state index in [-0.39, 0.29) is 5.91 Å². The van der Waals surface area contributed by atoms with E-state index in [2.05, 4.69) is 22.2 Å². The third-order valence-electron chi connectivity index (χ3n) is 2.77. The Bertz CT molecular complexity index is 539. The average molecular weight is 290 g/mol. The van der Waals surface area contributed by atoms with Crippen molar-refractivity contribution in [3.05, 3.63) is 40.5 Å². The Balaban J connectivity index is 1.97. The summed E-state index contributed by atoms with van der Waals surface area (Å²) in [5.74, 6) is 0.578. The lowest BCUT2D eigenvalue weighted by Gasteiger charge is -2.15. The molecule has 2 rings (SSSR count). The van der Waals surface area contributed by atoms with Crippen LogP contribution in [0, 0.1) is 0 Å². The number of nitrogens with zero attached hydrogens (tertiary/aromatic N) is 3. The van der Waals surface area contributed by atoms with Crippen molar-refractivity contribution in [1.29, 1.82) is 0 Å². The highest BCUT2D eigenvalue weighted by molar-refractivity contribution is 7.07. The zero-order chi connectivity index (χ0) is 14.4. The summed E-state index contributed by atoms with van der Waals surface area (Å²) in [4.78, 5) is 22.2. The van der Waals surface area contributed by atoms with Crippen LogP contribution in [0.15, 0.2) is 29.2 Å². The molecule has 2 aromatic heterocycles. The average Bonchev–Trinajstić information content (AvgIpc) is 2.97. The smallest absolute Gasteiger partial charge is 0.274 e. The van der Waals surface area contributed by atoms with Crippen LogP contribution in [-0.2, 0) is 6.54 Å². The number of amides is 1.